The zero-order valence-electron chi connectivity index (χ0n) is 30.9. The minimum Gasteiger partial charge on any atom is -0.358 e. The first-order valence-corrected chi connectivity index (χ1v) is 21.2. The maximum absolute atomic E-state index is 13.6. The molecule has 3 aliphatic rings. The highest BCUT2D eigenvalue weighted by atomic mass is 32.2. The van der Waals surface area contributed by atoms with E-state index in [0.717, 1.165) is 45.2 Å². The van der Waals surface area contributed by atoms with Gasteiger partial charge in [0.15, 0.2) is 5.11 Å². The van der Waals surface area contributed by atoms with Crippen molar-refractivity contribution in [3.63, 3.8) is 0 Å². The number of thiocarbonyl (C=S) groups is 1. The fraction of sp³-hybridized carbons (Fsp3) is 0.372. The molecule has 5 aromatic rings. The molecule has 2 fully saturated rings. The van der Waals surface area contributed by atoms with Gasteiger partial charge in [0, 0.05) is 37.3 Å². The van der Waals surface area contributed by atoms with E-state index in [9.17, 15) is 34.8 Å². The maximum Gasteiger partial charge on any atom is 0.416 e. The zero-order valence-corrected chi connectivity index (χ0v) is 32.5. The molecule has 8 rings (SSSR count). The number of benzene rings is 5. The average molecular weight is 825 g/mol. The van der Waals surface area contributed by atoms with Crippen molar-refractivity contribution in [2.45, 2.75) is 106 Å². The third kappa shape index (κ3) is 8.23. The van der Waals surface area contributed by atoms with Crippen LogP contribution in [-0.2, 0) is 35.5 Å². The topological polar surface area (TPSA) is 73.5 Å². The Bertz CT molecular complexity index is 2320. The van der Waals surface area contributed by atoms with E-state index >= 15 is 0 Å². The SMILES string of the molecule is O=S(=O)(N[C@H]1CCCC[C@@H]1NC(=S)N[C@H]1CCCC[C@@H]1N1Cc2ccc3ccccc3c2-c2c(ccc3ccccc23)C1)c1cc(C(F)(F)F)cc(C(F)(F)F)c1. The Kier molecular flexibility index (Phi) is 10.8. The van der Waals surface area contributed by atoms with E-state index in [1.807, 2.05) is 0 Å². The van der Waals surface area contributed by atoms with Gasteiger partial charge in [0.1, 0.15) is 0 Å². The van der Waals surface area contributed by atoms with E-state index in [0.29, 0.717) is 24.4 Å². The summed E-state index contributed by atoms with van der Waals surface area (Å²) in [6, 6.07) is 25.0. The Morgan fingerprint density at radius 3 is 1.63 bits per heavy atom. The van der Waals surface area contributed by atoms with Gasteiger partial charge in [-0.1, -0.05) is 98.5 Å². The average Bonchev–Trinajstić information content (AvgIpc) is 3.35. The largest absolute Gasteiger partial charge is 0.416 e. The lowest BCUT2D eigenvalue weighted by Crippen LogP contribution is -2.59. The lowest BCUT2D eigenvalue weighted by atomic mass is 9.88. The molecular formula is C43H42F6N4O2S2. The van der Waals surface area contributed by atoms with Crippen molar-refractivity contribution < 1.29 is 34.8 Å². The molecule has 300 valence electrons. The summed E-state index contributed by atoms with van der Waals surface area (Å²) in [4.78, 5) is 1.44. The van der Waals surface area contributed by atoms with Crippen LogP contribution in [0.3, 0.4) is 0 Å². The molecule has 1 aliphatic heterocycles. The van der Waals surface area contributed by atoms with E-state index in [2.05, 4.69) is 93.1 Å². The van der Waals surface area contributed by atoms with Gasteiger partial charge in [-0.3, -0.25) is 4.90 Å². The summed E-state index contributed by atoms with van der Waals surface area (Å²) in [6.07, 6.45) is -4.34. The van der Waals surface area contributed by atoms with Crippen molar-refractivity contribution >= 4 is 48.9 Å². The second kappa shape index (κ2) is 15.5. The Morgan fingerprint density at radius 2 is 1.09 bits per heavy atom. The van der Waals surface area contributed by atoms with E-state index in [-0.39, 0.29) is 30.3 Å². The van der Waals surface area contributed by atoms with Crippen LogP contribution in [0.5, 0.6) is 0 Å². The molecule has 0 saturated heterocycles. The molecule has 0 spiro atoms. The van der Waals surface area contributed by atoms with Crippen LogP contribution in [0.2, 0.25) is 0 Å². The van der Waals surface area contributed by atoms with Crippen LogP contribution in [0.4, 0.5) is 26.3 Å². The number of halogens is 6. The van der Waals surface area contributed by atoms with Gasteiger partial charge in [0.05, 0.1) is 16.0 Å². The third-order valence-electron chi connectivity index (χ3n) is 11.8. The van der Waals surface area contributed by atoms with Crippen molar-refractivity contribution in [1.82, 2.24) is 20.3 Å². The molecule has 0 amide bonds. The van der Waals surface area contributed by atoms with Crippen LogP contribution in [0.15, 0.2) is 95.9 Å². The fourth-order valence-electron chi connectivity index (χ4n) is 9.10. The van der Waals surface area contributed by atoms with Crippen LogP contribution in [0.25, 0.3) is 32.7 Å². The minimum absolute atomic E-state index is 0.0331. The maximum atomic E-state index is 13.6. The minimum atomic E-state index is -5.18. The molecule has 5 aromatic carbocycles. The predicted octanol–water partition coefficient (Wildman–Crippen LogP) is 10.1. The molecule has 4 atom stereocenters. The number of rotatable bonds is 6. The fourth-order valence-corrected chi connectivity index (χ4v) is 10.8. The van der Waals surface area contributed by atoms with Crippen LogP contribution in [-0.4, -0.2) is 42.6 Å². The van der Waals surface area contributed by atoms with E-state index < -0.39 is 50.5 Å². The molecule has 0 radical (unpaired) electrons. The summed E-state index contributed by atoms with van der Waals surface area (Å²) in [7, 11) is -4.79. The molecule has 3 N–H and O–H groups in total. The van der Waals surface area contributed by atoms with Crippen molar-refractivity contribution in [2.24, 2.45) is 0 Å². The van der Waals surface area contributed by atoms with Crippen LogP contribution < -0.4 is 15.4 Å². The van der Waals surface area contributed by atoms with Gasteiger partial charge in [0.25, 0.3) is 0 Å². The highest BCUT2D eigenvalue weighted by Crippen LogP contribution is 2.43. The predicted molar refractivity (Wildman–Crippen MR) is 214 cm³/mol. The smallest absolute Gasteiger partial charge is 0.358 e. The monoisotopic (exact) mass is 824 g/mol. The molecule has 0 aromatic heterocycles. The Morgan fingerprint density at radius 1 is 0.614 bits per heavy atom. The zero-order chi connectivity index (χ0) is 40.1. The van der Waals surface area contributed by atoms with Gasteiger partial charge in [-0.05, 0) is 99.9 Å². The van der Waals surface area contributed by atoms with Gasteiger partial charge in [-0.25, -0.2) is 13.1 Å². The first-order valence-electron chi connectivity index (χ1n) is 19.3. The van der Waals surface area contributed by atoms with Gasteiger partial charge >= 0.3 is 12.4 Å². The summed E-state index contributed by atoms with van der Waals surface area (Å²) in [6.45, 7) is 1.45. The van der Waals surface area contributed by atoms with Crippen molar-refractivity contribution in [2.75, 3.05) is 0 Å². The quantitative estimate of drug-likeness (QED) is 0.117. The molecule has 2 aliphatic carbocycles. The lowest BCUT2D eigenvalue weighted by molar-refractivity contribution is -0.143. The van der Waals surface area contributed by atoms with Crippen molar-refractivity contribution in [1.29, 1.82) is 0 Å². The van der Waals surface area contributed by atoms with Gasteiger partial charge in [0.2, 0.25) is 10.0 Å². The van der Waals surface area contributed by atoms with E-state index in [1.165, 1.54) is 43.8 Å². The molecule has 0 unspecified atom stereocenters. The highest BCUT2D eigenvalue weighted by molar-refractivity contribution is 7.89. The number of nitrogens with one attached hydrogen (secondary N) is 3. The highest BCUT2D eigenvalue weighted by Gasteiger charge is 2.40. The standard InChI is InChI=1S/C43H42F6N4O2S2/c44-42(45,46)30-21-31(43(47,48)49)23-32(22-30)57(54,55)52-36-14-6-5-13-35(36)50-41(56)51-37-15-7-8-16-38(37)53-24-28-19-17-26-9-1-3-11-33(26)39(28)40-29(25-53)20-18-27-10-2-4-12-34(27)40/h1-4,9-12,17-23,35-38,52H,5-8,13-16,24-25H2,(H2,50,51,56)/t35-,36-,37-,38-/m0/s1. The summed E-state index contributed by atoms with van der Waals surface area (Å²) in [5.41, 5.74) is 1.61. The number of fused-ring (bicyclic) bond motifs is 7. The first kappa shape index (κ1) is 39.6. The van der Waals surface area contributed by atoms with Gasteiger partial charge < -0.3 is 10.6 Å². The number of sulfonamides is 1. The summed E-state index contributed by atoms with van der Waals surface area (Å²) in [5, 5.41) is 12.0. The molecule has 2 saturated carbocycles. The van der Waals surface area contributed by atoms with Crippen LogP contribution in [0, 0.1) is 0 Å². The van der Waals surface area contributed by atoms with Crippen LogP contribution >= 0.6 is 12.2 Å². The molecular weight excluding hydrogens is 783 g/mol. The third-order valence-corrected chi connectivity index (χ3v) is 13.5. The number of alkyl halides is 6. The molecule has 0 bridgehead atoms. The van der Waals surface area contributed by atoms with Crippen LogP contribution in [0.1, 0.15) is 73.6 Å². The van der Waals surface area contributed by atoms with E-state index in [1.54, 1.807) is 0 Å². The second-order valence-corrected chi connectivity index (χ2v) is 17.6. The Balaban J connectivity index is 1.03. The van der Waals surface area contributed by atoms with Gasteiger partial charge in [-0.2, -0.15) is 26.3 Å². The summed E-state index contributed by atoms with van der Waals surface area (Å²) < 4.78 is 111. The van der Waals surface area contributed by atoms with Crippen molar-refractivity contribution in [3.8, 4) is 11.1 Å². The number of nitrogens with zero attached hydrogens (tertiary/aromatic N) is 1. The summed E-state index contributed by atoms with van der Waals surface area (Å²) >= 11 is 5.86. The molecule has 1 heterocycles. The van der Waals surface area contributed by atoms with E-state index in [4.69, 9.17) is 12.2 Å². The van der Waals surface area contributed by atoms with Crippen molar-refractivity contribution in [3.05, 3.63) is 113 Å². The Labute approximate surface area is 333 Å². The van der Waals surface area contributed by atoms with Gasteiger partial charge in [-0.15, -0.1) is 0 Å². The second-order valence-electron chi connectivity index (χ2n) is 15.5. The lowest BCUT2D eigenvalue weighted by Gasteiger charge is -2.41. The Hall–Kier alpha value is -4.24. The number of hydrogen-bond acceptors (Lipinski definition) is 4. The first-order chi connectivity index (χ1) is 27.2. The number of hydrogen-bond donors (Lipinski definition) is 3. The molecule has 14 heteroatoms. The molecule has 57 heavy (non-hydrogen) atoms. The molecule has 6 nitrogen and oxygen atoms in total. The summed E-state index contributed by atoms with van der Waals surface area (Å²) in [5.74, 6) is 0. The normalized spacial score (nSPS) is 22.1.